The third kappa shape index (κ3) is 2.49. The van der Waals surface area contributed by atoms with Crippen LogP contribution in [0.2, 0.25) is 0 Å². The van der Waals surface area contributed by atoms with Gasteiger partial charge in [0.15, 0.2) is 5.82 Å². The summed E-state index contributed by atoms with van der Waals surface area (Å²) in [5.74, 6) is -6.74. The van der Waals surface area contributed by atoms with Gasteiger partial charge in [0.1, 0.15) is 11.3 Å². The normalized spacial score (nSPS) is 10.3. The lowest BCUT2D eigenvalue weighted by Crippen LogP contribution is -2.12. The molecule has 7 heteroatoms. The molecule has 0 bridgehead atoms. The Kier molecular flexibility index (Phi) is 3.37. The van der Waals surface area contributed by atoms with E-state index < -0.39 is 34.9 Å². The zero-order chi connectivity index (χ0) is 14.0. The van der Waals surface area contributed by atoms with Crippen LogP contribution in [-0.4, -0.2) is 16.1 Å². The smallest absolute Gasteiger partial charge is 0.341 e. The molecule has 0 spiro atoms. The summed E-state index contributed by atoms with van der Waals surface area (Å²) >= 11 is 0. The van der Waals surface area contributed by atoms with Crippen LogP contribution in [0.15, 0.2) is 30.3 Å². The van der Waals surface area contributed by atoms with Crippen LogP contribution in [0.3, 0.4) is 0 Å². The summed E-state index contributed by atoms with van der Waals surface area (Å²) in [6.07, 6.45) is 0. The lowest BCUT2D eigenvalue weighted by Gasteiger charge is -2.11. The summed E-state index contributed by atoms with van der Waals surface area (Å²) < 4.78 is 39.8. The van der Waals surface area contributed by atoms with Gasteiger partial charge in [0, 0.05) is 5.69 Å². The van der Waals surface area contributed by atoms with Crippen LogP contribution in [0.4, 0.5) is 24.5 Å². The number of benzene rings is 1. The molecule has 1 aromatic heterocycles. The van der Waals surface area contributed by atoms with E-state index in [-0.39, 0.29) is 0 Å². The van der Waals surface area contributed by atoms with Gasteiger partial charge in [0.25, 0.3) is 5.95 Å². The van der Waals surface area contributed by atoms with Crippen molar-refractivity contribution in [3.05, 3.63) is 53.6 Å². The minimum Gasteiger partial charge on any atom is -0.478 e. The second-order valence-corrected chi connectivity index (χ2v) is 3.55. The van der Waals surface area contributed by atoms with Crippen molar-refractivity contribution in [3.8, 4) is 0 Å². The van der Waals surface area contributed by atoms with Crippen molar-refractivity contribution in [2.75, 3.05) is 5.32 Å². The summed E-state index contributed by atoms with van der Waals surface area (Å²) in [6, 6.07) is 7.91. The van der Waals surface area contributed by atoms with Gasteiger partial charge in [-0.05, 0) is 12.1 Å². The quantitative estimate of drug-likeness (QED) is 0.840. The zero-order valence-electron chi connectivity index (χ0n) is 9.32. The number of aromatic carboxylic acids is 1. The summed E-state index contributed by atoms with van der Waals surface area (Å²) in [5, 5.41) is 11.2. The van der Waals surface area contributed by atoms with Crippen molar-refractivity contribution in [2.45, 2.75) is 0 Å². The number of rotatable bonds is 3. The molecule has 0 fully saturated rings. The number of nitrogens with one attached hydrogen (secondary N) is 1. The third-order valence-electron chi connectivity index (χ3n) is 2.31. The largest absolute Gasteiger partial charge is 0.478 e. The van der Waals surface area contributed by atoms with Crippen LogP contribution in [0.1, 0.15) is 10.4 Å². The fourth-order valence-electron chi connectivity index (χ4n) is 1.49. The van der Waals surface area contributed by atoms with Gasteiger partial charge in [-0.3, -0.25) is 0 Å². The number of nitrogens with zero attached hydrogens (tertiary/aromatic N) is 1. The van der Waals surface area contributed by atoms with Crippen molar-refractivity contribution in [3.63, 3.8) is 0 Å². The topological polar surface area (TPSA) is 62.2 Å². The first-order valence-electron chi connectivity index (χ1n) is 5.10. The molecule has 0 unspecified atom stereocenters. The van der Waals surface area contributed by atoms with Gasteiger partial charge < -0.3 is 10.4 Å². The summed E-state index contributed by atoms with van der Waals surface area (Å²) in [7, 11) is 0. The first-order valence-corrected chi connectivity index (χ1v) is 5.10. The molecule has 0 saturated heterocycles. The predicted molar refractivity (Wildman–Crippen MR) is 60.8 cm³/mol. The fourth-order valence-corrected chi connectivity index (χ4v) is 1.49. The van der Waals surface area contributed by atoms with Crippen LogP contribution < -0.4 is 5.32 Å². The zero-order valence-corrected chi connectivity index (χ0v) is 9.32. The number of aromatic nitrogens is 1. The molecule has 0 aliphatic carbocycles. The first kappa shape index (κ1) is 12.9. The van der Waals surface area contributed by atoms with E-state index in [0.29, 0.717) is 5.69 Å². The van der Waals surface area contributed by atoms with Crippen LogP contribution in [0.25, 0.3) is 0 Å². The minimum absolute atomic E-state index is 0.316. The van der Waals surface area contributed by atoms with Gasteiger partial charge in [-0.15, -0.1) is 0 Å². The van der Waals surface area contributed by atoms with Crippen molar-refractivity contribution in [1.82, 2.24) is 4.98 Å². The van der Waals surface area contributed by atoms with Gasteiger partial charge in [-0.2, -0.15) is 13.8 Å². The Morgan fingerprint density at radius 3 is 2.32 bits per heavy atom. The molecular weight excluding hydrogens is 261 g/mol. The average Bonchev–Trinajstić information content (AvgIpc) is 2.37. The number of hydrogen-bond donors (Lipinski definition) is 2. The molecule has 1 aromatic carbocycles. The highest BCUT2D eigenvalue weighted by Gasteiger charge is 2.25. The van der Waals surface area contributed by atoms with E-state index in [0.717, 1.165) is 0 Å². The van der Waals surface area contributed by atoms with E-state index in [1.807, 2.05) is 0 Å². The Morgan fingerprint density at radius 1 is 1.11 bits per heavy atom. The molecule has 4 nitrogen and oxygen atoms in total. The second kappa shape index (κ2) is 4.97. The Labute approximate surface area is 105 Å². The Balaban J connectivity index is 2.56. The molecule has 19 heavy (non-hydrogen) atoms. The number of carboxylic acids is 1. The molecule has 2 N–H and O–H groups in total. The van der Waals surface area contributed by atoms with E-state index in [1.165, 1.54) is 12.1 Å². The third-order valence-corrected chi connectivity index (χ3v) is 2.31. The summed E-state index contributed by atoms with van der Waals surface area (Å²) in [5.41, 5.74) is -1.54. The van der Waals surface area contributed by atoms with Gasteiger partial charge in [-0.1, -0.05) is 18.2 Å². The number of pyridine rings is 1. The standard InChI is InChI=1S/C12H7F3N2O2/c13-8-7(12(18)19)9(11(15)17-10(8)14)16-6-4-2-1-3-5-6/h1-5,16H,(H,18,19). The molecule has 2 aromatic rings. The number of para-hydroxylation sites is 1. The SMILES string of the molecule is O=C(O)c1c(F)c(F)nc(F)c1Nc1ccccc1. The molecule has 1 heterocycles. The van der Waals surface area contributed by atoms with Gasteiger partial charge >= 0.3 is 5.97 Å². The molecule has 0 atom stereocenters. The Morgan fingerprint density at radius 2 is 1.74 bits per heavy atom. The minimum atomic E-state index is -1.80. The van der Waals surface area contributed by atoms with E-state index in [9.17, 15) is 18.0 Å². The molecule has 0 amide bonds. The lowest BCUT2D eigenvalue weighted by atomic mass is 10.2. The number of carboxylic acid groups (broad SMARTS) is 1. The number of hydrogen-bond acceptors (Lipinski definition) is 3. The summed E-state index contributed by atoms with van der Waals surface area (Å²) in [4.78, 5) is 13.6. The maximum atomic E-state index is 13.5. The van der Waals surface area contributed by atoms with Crippen LogP contribution in [-0.2, 0) is 0 Å². The molecule has 0 radical (unpaired) electrons. The van der Waals surface area contributed by atoms with E-state index in [2.05, 4.69) is 10.3 Å². The van der Waals surface area contributed by atoms with E-state index >= 15 is 0 Å². The van der Waals surface area contributed by atoms with Gasteiger partial charge in [0.05, 0.1) is 0 Å². The second-order valence-electron chi connectivity index (χ2n) is 3.55. The Hall–Kier alpha value is -2.57. The maximum Gasteiger partial charge on any atom is 0.341 e. The van der Waals surface area contributed by atoms with Gasteiger partial charge in [0.2, 0.25) is 5.95 Å². The van der Waals surface area contributed by atoms with Crippen molar-refractivity contribution < 1.29 is 23.1 Å². The van der Waals surface area contributed by atoms with Crippen molar-refractivity contribution >= 4 is 17.3 Å². The number of halogens is 3. The van der Waals surface area contributed by atoms with Crippen molar-refractivity contribution in [2.24, 2.45) is 0 Å². The molecule has 98 valence electrons. The highest BCUT2D eigenvalue weighted by molar-refractivity contribution is 5.95. The monoisotopic (exact) mass is 268 g/mol. The number of carbonyl (C=O) groups is 1. The lowest BCUT2D eigenvalue weighted by molar-refractivity contribution is 0.0690. The first-order chi connectivity index (χ1) is 9.00. The van der Waals surface area contributed by atoms with Crippen LogP contribution >= 0.6 is 0 Å². The van der Waals surface area contributed by atoms with Crippen molar-refractivity contribution in [1.29, 1.82) is 0 Å². The van der Waals surface area contributed by atoms with Gasteiger partial charge in [-0.25, -0.2) is 9.18 Å². The molecule has 2 rings (SSSR count). The fraction of sp³-hybridized carbons (Fsp3) is 0. The van der Waals surface area contributed by atoms with Crippen LogP contribution in [0, 0.1) is 17.7 Å². The maximum absolute atomic E-state index is 13.5. The molecular formula is C12H7F3N2O2. The molecule has 0 aliphatic rings. The number of anilines is 2. The predicted octanol–water partition coefficient (Wildman–Crippen LogP) is 2.94. The van der Waals surface area contributed by atoms with Crippen LogP contribution in [0.5, 0.6) is 0 Å². The van der Waals surface area contributed by atoms with E-state index in [4.69, 9.17) is 5.11 Å². The van der Waals surface area contributed by atoms with E-state index in [1.54, 1.807) is 18.2 Å². The summed E-state index contributed by atoms with van der Waals surface area (Å²) in [6.45, 7) is 0. The highest BCUT2D eigenvalue weighted by atomic mass is 19.2. The molecule has 0 saturated carbocycles. The highest BCUT2D eigenvalue weighted by Crippen LogP contribution is 2.26. The Bertz CT molecular complexity index is 633. The average molecular weight is 268 g/mol. The molecule has 0 aliphatic heterocycles.